The summed E-state index contributed by atoms with van der Waals surface area (Å²) in [7, 11) is 0. The first-order valence-electron chi connectivity index (χ1n) is 6.08. The fourth-order valence-corrected chi connectivity index (χ4v) is 1.58. The molecule has 0 spiro atoms. The van der Waals surface area contributed by atoms with Crippen molar-refractivity contribution < 1.29 is 19.2 Å². The molecule has 0 bridgehead atoms. The van der Waals surface area contributed by atoms with Gasteiger partial charge in [-0.15, -0.1) is 0 Å². The van der Waals surface area contributed by atoms with Crippen LogP contribution in [0.15, 0.2) is 10.6 Å². The lowest BCUT2D eigenvalue weighted by Crippen LogP contribution is -2.44. The Morgan fingerprint density at radius 2 is 2.21 bits per heavy atom. The van der Waals surface area contributed by atoms with E-state index in [4.69, 9.17) is 9.63 Å². The zero-order valence-corrected chi connectivity index (χ0v) is 11.3. The van der Waals surface area contributed by atoms with Crippen molar-refractivity contribution in [1.82, 2.24) is 15.4 Å². The van der Waals surface area contributed by atoms with Crippen LogP contribution in [-0.4, -0.2) is 39.8 Å². The number of hydrogen-bond donors (Lipinski definition) is 2. The summed E-state index contributed by atoms with van der Waals surface area (Å²) in [5.41, 5.74) is 0.632. The monoisotopic (exact) mass is 269 g/mol. The Hall–Kier alpha value is -2.05. The summed E-state index contributed by atoms with van der Waals surface area (Å²) in [4.78, 5) is 24.0. The van der Waals surface area contributed by atoms with Gasteiger partial charge in [-0.1, -0.05) is 5.16 Å². The predicted octanol–water partition coefficient (Wildman–Crippen LogP) is 1.38. The van der Waals surface area contributed by atoms with Gasteiger partial charge in [-0.2, -0.15) is 0 Å². The highest BCUT2D eigenvalue weighted by Crippen LogP contribution is 2.04. The summed E-state index contributed by atoms with van der Waals surface area (Å²) in [6.07, 6.45) is -0.0747. The summed E-state index contributed by atoms with van der Waals surface area (Å²) in [5, 5.41) is 15.1. The number of carboxylic acid groups (broad SMARTS) is 1. The molecule has 19 heavy (non-hydrogen) atoms. The molecule has 0 saturated carbocycles. The fourth-order valence-electron chi connectivity index (χ4n) is 1.58. The first-order chi connectivity index (χ1) is 8.90. The molecule has 2 amide bonds. The number of carbonyl (C=O) groups is 2. The van der Waals surface area contributed by atoms with Gasteiger partial charge in [0.25, 0.3) is 0 Å². The van der Waals surface area contributed by atoms with E-state index in [9.17, 15) is 9.59 Å². The largest absolute Gasteiger partial charge is 0.481 e. The molecule has 0 aliphatic carbocycles. The lowest BCUT2D eigenvalue weighted by atomic mass is 10.3. The number of aliphatic carboxylic acids is 1. The molecule has 0 radical (unpaired) electrons. The average molecular weight is 269 g/mol. The zero-order chi connectivity index (χ0) is 14.4. The summed E-state index contributed by atoms with van der Waals surface area (Å²) in [6, 6.07) is 1.35. The van der Waals surface area contributed by atoms with Gasteiger partial charge in [0, 0.05) is 18.7 Å². The fraction of sp³-hybridized carbons (Fsp3) is 0.583. The van der Waals surface area contributed by atoms with E-state index < -0.39 is 5.97 Å². The molecule has 1 heterocycles. The van der Waals surface area contributed by atoms with Gasteiger partial charge in [-0.25, -0.2) is 4.79 Å². The van der Waals surface area contributed by atoms with E-state index in [0.29, 0.717) is 11.5 Å². The van der Waals surface area contributed by atoms with Crippen LogP contribution in [0, 0.1) is 6.92 Å². The second-order valence-electron chi connectivity index (χ2n) is 4.52. The first kappa shape index (κ1) is 15.0. The van der Waals surface area contributed by atoms with Crippen LogP contribution in [0.2, 0.25) is 0 Å². The highest BCUT2D eigenvalue weighted by atomic mass is 16.5. The number of amides is 2. The lowest BCUT2D eigenvalue weighted by Gasteiger charge is -2.26. The quantitative estimate of drug-likeness (QED) is 0.813. The van der Waals surface area contributed by atoms with Crippen molar-refractivity contribution in [1.29, 1.82) is 0 Å². The van der Waals surface area contributed by atoms with E-state index in [1.165, 1.54) is 4.90 Å². The molecule has 106 valence electrons. The summed E-state index contributed by atoms with van der Waals surface area (Å²) >= 11 is 0. The van der Waals surface area contributed by atoms with Crippen LogP contribution in [0.4, 0.5) is 4.79 Å². The number of nitrogens with zero attached hydrogens (tertiary/aromatic N) is 2. The highest BCUT2D eigenvalue weighted by Gasteiger charge is 2.17. The third-order valence-electron chi connectivity index (χ3n) is 2.55. The standard InChI is InChI=1S/C12H19N3O4/c1-8(2)15(5-4-11(16)17)12(18)13-7-10-6-9(3)19-14-10/h6,8H,4-5,7H2,1-3H3,(H,13,18)(H,16,17). The summed E-state index contributed by atoms with van der Waals surface area (Å²) < 4.78 is 4.89. The van der Waals surface area contributed by atoms with Crippen LogP contribution in [-0.2, 0) is 11.3 Å². The average Bonchev–Trinajstić information content (AvgIpc) is 2.72. The van der Waals surface area contributed by atoms with Crippen LogP contribution in [0.25, 0.3) is 0 Å². The van der Waals surface area contributed by atoms with Crippen LogP contribution in [0.1, 0.15) is 31.7 Å². The maximum absolute atomic E-state index is 11.9. The minimum Gasteiger partial charge on any atom is -0.481 e. The Labute approximate surface area is 111 Å². The molecule has 0 aliphatic rings. The van der Waals surface area contributed by atoms with Crippen molar-refractivity contribution >= 4 is 12.0 Å². The molecule has 7 heteroatoms. The molecule has 0 saturated heterocycles. The predicted molar refractivity (Wildman–Crippen MR) is 67.6 cm³/mol. The SMILES string of the molecule is Cc1cc(CNC(=O)N(CCC(=O)O)C(C)C)no1. The molecule has 0 aromatic carbocycles. The van der Waals surface area contributed by atoms with Gasteiger partial charge in [-0.05, 0) is 20.8 Å². The number of aromatic nitrogens is 1. The normalized spacial score (nSPS) is 10.5. The molecular formula is C12H19N3O4. The minimum absolute atomic E-state index is 0.0709. The summed E-state index contributed by atoms with van der Waals surface area (Å²) in [6.45, 7) is 5.87. The van der Waals surface area contributed by atoms with E-state index in [1.54, 1.807) is 13.0 Å². The Morgan fingerprint density at radius 3 is 2.68 bits per heavy atom. The second-order valence-corrected chi connectivity index (χ2v) is 4.52. The number of nitrogens with one attached hydrogen (secondary N) is 1. The molecule has 1 aromatic heterocycles. The third-order valence-corrected chi connectivity index (χ3v) is 2.55. The Balaban J connectivity index is 2.49. The maximum atomic E-state index is 11.9. The number of carboxylic acids is 1. The lowest BCUT2D eigenvalue weighted by molar-refractivity contribution is -0.137. The molecule has 0 aliphatic heterocycles. The molecule has 0 unspecified atom stereocenters. The van der Waals surface area contributed by atoms with Gasteiger partial charge in [-0.3, -0.25) is 4.79 Å². The second kappa shape index (κ2) is 6.77. The molecule has 0 fully saturated rings. The molecule has 1 rings (SSSR count). The minimum atomic E-state index is -0.925. The van der Waals surface area contributed by atoms with Crippen molar-refractivity contribution in [3.63, 3.8) is 0 Å². The Morgan fingerprint density at radius 1 is 1.53 bits per heavy atom. The van der Waals surface area contributed by atoms with Gasteiger partial charge in [0.1, 0.15) is 11.5 Å². The topological polar surface area (TPSA) is 95.7 Å². The van der Waals surface area contributed by atoms with Crippen LogP contribution in [0.5, 0.6) is 0 Å². The van der Waals surface area contributed by atoms with Crippen molar-refractivity contribution in [2.24, 2.45) is 0 Å². The first-order valence-corrected chi connectivity index (χ1v) is 6.08. The highest BCUT2D eigenvalue weighted by molar-refractivity contribution is 5.75. The smallest absolute Gasteiger partial charge is 0.317 e. The van der Waals surface area contributed by atoms with Gasteiger partial charge in [0.05, 0.1) is 13.0 Å². The van der Waals surface area contributed by atoms with E-state index in [1.807, 2.05) is 13.8 Å². The Kier molecular flexibility index (Phi) is 5.35. The van der Waals surface area contributed by atoms with Gasteiger partial charge < -0.3 is 19.8 Å². The van der Waals surface area contributed by atoms with Gasteiger partial charge >= 0.3 is 12.0 Å². The van der Waals surface area contributed by atoms with Crippen molar-refractivity contribution in [2.45, 2.75) is 39.8 Å². The van der Waals surface area contributed by atoms with Crippen molar-refractivity contribution in [2.75, 3.05) is 6.54 Å². The Bertz CT molecular complexity index is 442. The molecule has 0 atom stereocenters. The number of urea groups is 1. The zero-order valence-electron chi connectivity index (χ0n) is 11.3. The van der Waals surface area contributed by atoms with E-state index >= 15 is 0 Å². The van der Waals surface area contributed by atoms with Crippen LogP contribution in [0.3, 0.4) is 0 Å². The third kappa shape index (κ3) is 4.99. The molecule has 1 aromatic rings. The number of hydrogen-bond acceptors (Lipinski definition) is 4. The maximum Gasteiger partial charge on any atom is 0.317 e. The van der Waals surface area contributed by atoms with Crippen molar-refractivity contribution in [3.05, 3.63) is 17.5 Å². The van der Waals surface area contributed by atoms with E-state index in [-0.39, 0.29) is 31.6 Å². The van der Waals surface area contributed by atoms with Gasteiger partial charge in [0.2, 0.25) is 0 Å². The number of aryl methyl sites for hydroxylation is 1. The number of carbonyl (C=O) groups excluding carboxylic acids is 1. The number of rotatable bonds is 6. The van der Waals surface area contributed by atoms with Gasteiger partial charge in [0.15, 0.2) is 0 Å². The van der Waals surface area contributed by atoms with E-state index in [0.717, 1.165) is 0 Å². The van der Waals surface area contributed by atoms with E-state index in [2.05, 4.69) is 10.5 Å². The molecule has 7 nitrogen and oxygen atoms in total. The molecule has 2 N–H and O–H groups in total. The summed E-state index contributed by atoms with van der Waals surface area (Å²) in [5.74, 6) is -0.249. The van der Waals surface area contributed by atoms with Crippen LogP contribution >= 0.6 is 0 Å². The molecular weight excluding hydrogens is 250 g/mol. The van der Waals surface area contributed by atoms with Crippen LogP contribution < -0.4 is 5.32 Å². The van der Waals surface area contributed by atoms with Crippen molar-refractivity contribution in [3.8, 4) is 0 Å².